The van der Waals surface area contributed by atoms with Gasteiger partial charge in [0.1, 0.15) is 21.1 Å². The number of carbonyl (C=O) groups excluding carboxylic acids is 3. The molecule has 0 saturated carbocycles. The van der Waals surface area contributed by atoms with E-state index in [1.807, 2.05) is 160 Å². The number of halogens is 9. The molecular formula is C78H78Br6Cl3N12O3+3. The van der Waals surface area contributed by atoms with E-state index in [1.165, 1.54) is 50.1 Å². The van der Waals surface area contributed by atoms with Crippen molar-refractivity contribution >= 4 is 148 Å². The molecule has 0 bridgehead atoms. The molecule has 3 saturated heterocycles. The van der Waals surface area contributed by atoms with E-state index < -0.39 is 0 Å². The molecule has 3 aromatic carbocycles. The Morgan fingerprint density at radius 2 is 0.716 bits per heavy atom. The van der Waals surface area contributed by atoms with E-state index >= 15 is 0 Å². The van der Waals surface area contributed by atoms with Gasteiger partial charge in [0.15, 0.2) is 37.2 Å². The Bertz CT molecular complexity index is 4400. The summed E-state index contributed by atoms with van der Waals surface area (Å²) >= 11 is 41.5. The fourth-order valence-electron chi connectivity index (χ4n) is 15.0. The second-order valence-corrected chi connectivity index (χ2v) is 33.6. The number of amides is 3. The molecule has 9 heterocycles. The largest absolute Gasteiger partial charge is 0.340 e. The van der Waals surface area contributed by atoms with Crippen molar-refractivity contribution in [3.63, 3.8) is 0 Å². The van der Waals surface area contributed by atoms with Gasteiger partial charge in [0.05, 0.1) is 59.5 Å². The van der Waals surface area contributed by atoms with Gasteiger partial charge in [-0.15, -0.1) is 0 Å². The maximum atomic E-state index is 13.0. The number of aryl methyl sites for hydroxylation is 8. The molecule has 0 spiro atoms. The molecular weight excluding hydrogens is 1740 g/mol. The van der Waals surface area contributed by atoms with Gasteiger partial charge in [0.2, 0.25) is 17.7 Å². The molecule has 528 valence electrons. The molecule has 6 aromatic heterocycles. The van der Waals surface area contributed by atoms with Crippen LogP contribution in [0.15, 0.2) is 174 Å². The molecule has 15 nitrogen and oxygen atoms in total. The fourth-order valence-corrected chi connectivity index (χ4v) is 19.1. The predicted molar refractivity (Wildman–Crippen MR) is 419 cm³/mol. The van der Waals surface area contributed by atoms with Gasteiger partial charge in [-0.1, -0.05) is 72.7 Å². The van der Waals surface area contributed by atoms with Gasteiger partial charge < -0.3 is 14.7 Å². The summed E-state index contributed by atoms with van der Waals surface area (Å²) in [5.41, 5.74) is 17.7. The quantitative estimate of drug-likeness (QED) is 0.130. The smallest absolute Gasteiger partial charge is 0.227 e. The van der Waals surface area contributed by atoms with Crippen molar-refractivity contribution in [3.05, 3.63) is 273 Å². The third-order valence-electron chi connectivity index (χ3n) is 20.4. The number of fused-ring (bicyclic) bond motifs is 6. The van der Waals surface area contributed by atoms with Gasteiger partial charge in [-0.05, 0) is 218 Å². The second kappa shape index (κ2) is 33.6. The molecule has 9 aromatic rings. The maximum absolute atomic E-state index is 13.0. The molecule has 3 fully saturated rings. The number of hydrogen-bond donors (Lipinski definition) is 0. The van der Waals surface area contributed by atoms with Crippen molar-refractivity contribution < 1.29 is 28.1 Å². The molecule has 3 atom stereocenters. The highest BCUT2D eigenvalue weighted by Crippen LogP contribution is 2.46. The average molecular weight is 1820 g/mol. The maximum Gasteiger partial charge on any atom is 0.227 e. The number of benzene rings is 3. The third-order valence-corrected chi connectivity index (χ3v) is 24.9. The van der Waals surface area contributed by atoms with Gasteiger partial charge in [0.25, 0.3) is 0 Å². The van der Waals surface area contributed by atoms with Crippen molar-refractivity contribution in [1.29, 1.82) is 0 Å². The van der Waals surface area contributed by atoms with Crippen LogP contribution in [0.2, 0.25) is 15.1 Å². The lowest BCUT2D eigenvalue weighted by molar-refractivity contribution is -0.671. The zero-order chi connectivity index (χ0) is 71.5. The summed E-state index contributed by atoms with van der Waals surface area (Å²) in [4.78, 5) is 67.0. The summed E-state index contributed by atoms with van der Waals surface area (Å²) in [7, 11) is 5.94. The normalized spacial score (nSPS) is 18.2. The molecule has 24 heteroatoms. The first-order chi connectivity index (χ1) is 49.2. The predicted octanol–water partition coefficient (Wildman–Crippen LogP) is 14.0. The molecule has 102 heavy (non-hydrogen) atoms. The molecule has 6 aliphatic rings. The summed E-state index contributed by atoms with van der Waals surface area (Å²) in [5, 5.41) is 2.23. The first kappa shape index (κ1) is 74.9. The van der Waals surface area contributed by atoms with Gasteiger partial charge in [-0.3, -0.25) is 44.0 Å². The molecule has 3 aliphatic carbocycles. The van der Waals surface area contributed by atoms with Crippen LogP contribution >= 0.6 is 130 Å². The fraction of sp³-hybridized carbons (Fsp3) is 0.346. The SMILES string of the molecule is C[n+]1ccc(CC(=O)N2CCN(C3c4ccc(Cl)c(Br)c4CCc4cc(Br)cnc43)CC2)cc1.C[n+]1ccc(CC(=O)N2CCN(C3c4ncc(Br)cc4CCc4cc(Cl)cc(Br)c43)CC2)cc1.C[n+]1ccc(CC(=O)N2CCN(C3c4ncc(Br)cc4CCc4cc(Cl)cc(Br)c43)CC2)cc1. The Morgan fingerprint density at radius 1 is 0.402 bits per heavy atom. The van der Waals surface area contributed by atoms with Crippen LogP contribution in [-0.4, -0.2) is 141 Å². The zero-order valence-electron chi connectivity index (χ0n) is 56.9. The van der Waals surface area contributed by atoms with Crippen LogP contribution in [-0.2, 0) is 93.3 Å². The standard InChI is InChI=1S/3C26H26Br2ClN4O/c2*1-31-6-4-17(5-7-31)12-23(34)32-8-10-33(11-9-32)26-24-18(14-21(29)15-22(24)28)2-3-19-13-20(27)16-30-25(19)26;1-31-8-6-17(7-9-31)14-23(34)32-10-12-33(13-11-32)26-21-4-5-22(29)24(28)20(21)3-2-18-15-19(27)16-30-25(18)26/h2*4-7,13-16,26H,2-3,8-12H2,1H3;4-9,15-16,26H,2-3,10-14H2,1H3/q3*+1. The highest BCUT2D eigenvalue weighted by Gasteiger charge is 2.39. The van der Waals surface area contributed by atoms with Crippen LogP contribution < -0.4 is 13.7 Å². The van der Waals surface area contributed by atoms with Crippen LogP contribution in [0.5, 0.6) is 0 Å². The van der Waals surface area contributed by atoms with E-state index in [1.54, 1.807) is 0 Å². The van der Waals surface area contributed by atoms with E-state index in [4.69, 9.17) is 49.8 Å². The minimum atomic E-state index is 0.0265. The Hall–Kier alpha value is -5.40. The van der Waals surface area contributed by atoms with E-state index in [9.17, 15) is 14.4 Å². The first-order valence-corrected chi connectivity index (χ1v) is 40.3. The van der Waals surface area contributed by atoms with Crippen LogP contribution in [0.25, 0.3) is 0 Å². The highest BCUT2D eigenvalue weighted by atomic mass is 79.9. The first-order valence-electron chi connectivity index (χ1n) is 34.4. The lowest BCUT2D eigenvalue weighted by atomic mass is 9.96. The lowest BCUT2D eigenvalue weighted by Gasteiger charge is -2.40. The van der Waals surface area contributed by atoms with Gasteiger partial charge >= 0.3 is 0 Å². The summed E-state index contributed by atoms with van der Waals surface area (Å²) in [6.45, 7) is 9.07. The number of pyridine rings is 6. The van der Waals surface area contributed by atoms with E-state index in [0.29, 0.717) is 58.5 Å². The van der Waals surface area contributed by atoms with Crippen LogP contribution in [0.1, 0.15) is 102 Å². The Kier molecular flexibility index (Phi) is 24.6. The van der Waals surface area contributed by atoms with E-state index in [-0.39, 0.29) is 35.8 Å². The number of piperazine rings is 3. The molecule has 0 N–H and O–H groups in total. The zero-order valence-corrected chi connectivity index (χ0v) is 68.7. The average Bonchev–Trinajstić information content (AvgIpc) is 1.52. The van der Waals surface area contributed by atoms with Crippen molar-refractivity contribution in [2.75, 3.05) is 78.5 Å². The summed E-state index contributed by atoms with van der Waals surface area (Å²) in [5.74, 6) is 0.558. The summed E-state index contributed by atoms with van der Waals surface area (Å²) in [6.07, 6.45) is 24.4. The van der Waals surface area contributed by atoms with Crippen molar-refractivity contribution in [3.8, 4) is 0 Å². The lowest BCUT2D eigenvalue weighted by Crippen LogP contribution is -2.50. The van der Waals surface area contributed by atoms with Crippen LogP contribution in [0, 0.1) is 0 Å². The van der Waals surface area contributed by atoms with Crippen LogP contribution in [0.3, 0.4) is 0 Å². The molecule has 3 aliphatic heterocycles. The Morgan fingerprint density at radius 3 is 1.07 bits per heavy atom. The minimum absolute atomic E-state index is 0.0265. The van der Waals surface area contributed by atoms with Gasteiger partial charge in [0, 0.05) is 170 Å². The highest BCUT2D eigenvalue weighted by molar-refractivity contribution is 9.11. The summed E-state index contributed by atoms with van der Waals surface area (Å²) in [6, 6.07) is 31.0. The van der Waals surface area contributed by atoms with Gasteiger partial charge in [-0.2, -0.15) is 0 Å². The Labute approximate surface area is 662 Å². The van der Waals surface area contributed by atoms with Crippen molar-refractivity contribution in [1.82, 2.24) is 44.4 Å². The van der Waals surface area contributed by atoms with Crippen molar-refractivity contribution in [2.45, 2.75) is 75.9 Å². The van der Waals surface area contributed by atoms with Crippen LogP contribution in [0.4, 0.5) is 0 Å². The molecule has 3 unspecified atom stereocenters. The molecule has 0 radical (unpaired) electrons. The topological polar surface area (TPSA) is 121 Å². The second-order valence-electron chi connectivity index (χ2n) is 27.0. The molecule has 3 amide bonds. The summed E-state index contributed by atoms with van der Waals surface area (Å²) < 4.78 is 12.0. The van der Waals surface area contributed by atoms with E-state index in [0.717, 1.165) is 153 Å². The number of nitrogens with zero attached hydrogens (tertiary/aromatic N) is 12. The molecule has 15 rings (SSSR count). The number of hydrogen-bond acceptors (Lipinski definition) is 9. The number of rotatable bonds is 9. The van der Waals surface area contributed by atoms with E-state index in [2.05, 4.69) is 147 Å². The van der Waals surface area contributed by atoms with Crippen molar-refractivity contribution in [2.24, 2.45) is 21.1 Å². The Balaban J connectivity index is 0.000000137. The monoisotopic (exact) mass is 1810 g/mol. The van der Waals surface area contributed by atoms with Gasteiger partial charge in [-0.25, -0.2) is 13.7 Å². The number of carbonyl (C=O) groups is 3. The number of aromatic nitrogens is 6. The minimum Gasteiger partial charge on any atom is -0.340 e. The third kappa shape index (κ3) is 17.5.